The molecule has 37 heavy (non-hydrogen) atoms. The first-order valence-corrected chi connectivity index (χ1v) is 13.2. The van der Waals surface area contributed by atoms with E-state index in [9.17, 15) is 14.3 Å². The molecule has 10 heteroatoms. The number of ether oxygens (including phenoxy) is 1. The molecule has 2 heterocycles. The molecule has 1 aliphatic carbocycles. The van der Waals surface area contributed by atoms with Crippen molar-refractivity contribution in [3.05, 3.63) is 53.1 Å². The number of hydrogen-bond acceptors (Lipinski definition) is 7. The maximum atomic E-state index is 13.6. The van der Waals surface area contributed by atoms with Crippen LogP contribution in [0.1, 0.15) is 61.9 Å². The Bertz CT molecular complexity index is 934. The Morgan fingerprint density at radius 3 is 2.27 bits per heavy atom. The first-order chi connectivity index (χ1) is 17.6. The van der Waals surface area contributed by atoms with E-state index in [1.807, 2.05) is 13.8 Å². The van der Waals surface area contributed by atoms with Crippen molar-refractivity contribution < 1.29 is 19.0 Å². The fraction of sp³-hybridized carbons (Fsp3) is 0.593. The second-order valence-corrected chi connectivity index (χ2v) is 9.59. The molecule has 1 aromatic rings. The topological polar surface area (TPSA) is 140 Å². The normalized spacial score (nSPS) is 23.4. The number of benzene rings is 1. The lowest BCUT2D eigenvalue weighted by Crippen LogP contribution is -2.55. The van der Waals surface area contributed by atoms with Crippen molar-refractivity contribution in [3.8, 4) is 0 Å². The number of nitrogens with one attached hydrogen (secondary N) is 1. The highest BCUT2D eigenvalue weighted by molar-refractivity contribution is 6.14. The summed E-state index contributed by atoms with van der Waals surface area (Å²) in [7, 11) is 7.71. The lowest BCUT2D eigenvalue weighted by atomic mass is 9.74. The molecule has 204 valence electrons. The number of allylic oxidation sites excluding steroid dienone is 2. The third-order valence-corrected chi connectivity index (χ3v) is 7.28. The molecule has 1 saturated carbocycles. The van der Waals surface area contributed by atoms with Crippen LogP contribution in [-0.2, 0) is 4.74 Å². The first kappa shape index (κ1) is 30.7. The zero-order chi connectivity index (χ0) is 27.6. The van der Waals surface area contributed by atoms with Crippen LogP contribution in [0.25, 0.3) is 5.70 Å². The van der Waals surface area contributed by atoms with Gasteiger partial charge < -0.3 is 32.4 Å². The first-order valence-electron chi connectivity index (χ1n) is 13.2. The van der Waals surface area contributed by atoms with Gasteiger partial charge in [0.2, 0.25) is 0 Å². The Morgan fingerprint density at radius 1 is 1.14 bits per heavy atom. The Hall–Kier alpha value is -2.56. The zero-order valence-corrected chi connectivity index (χ0v) is 22.4. The number of carbonyl (C=O) groups excluding carboxylic acids is 1. The van der Waals surface area contributed by atoms with Gasteiger partial charge in [-0.15, -0.1) is 0 Å². The molecule has 0 bridgehead atoms. The molecule has 3 atom stereocenters. The van der Waals surface area contributed by atoms with Gasteiger partial charge in [0.25, 0.3) is 5.91 Å². The summed E-state index contributed by atoms with van der Waals surface area (Å²) >= 11 is 0. The van der Waals surface area contributed by atoms with Gasteiger partial charge in [-0.1, -0.05) is 20.3 Å². The highest BCUT2D eigenvalue weighted by atomic mass is 19.1. The molecule has 4 rings (SSSR count). The zero-order valence-electron chi connectivity index (χ0n) is 22.4. The van der Waals surface area contributed by atoms with Crippen molar-refractivity contribution in [1.29, 1.82) is 0 Å². The maximum Gasteiger partial charge on any atom is 0.251 e. The summed E-state index contributed by atoms with van der Waals surface area (Å²) in [6.45, 7) is 7.47. The highest BCUT2D eigenvalue weighted by Gasteiger charge is 2.45. The molecule has 8 N–H and O–H groups in total. The van der Waals surface area contributed by atoms with Gasteiger partial charge in [-0.2, -0.15) is 0 Å². The van der Waals surface area contributed by atoms with E-state index in [2.05, 4.69) is 10.2 Å². The van der Waals surface area contributed by atoms with Gasteiger partial charge in [0.05, 0.1) is 11.4 Å². The monoisotopic (exact) mass is 515 g/mol. The van der Waals surface area contributed by atoms with Crippen molar-refractivity contribution in [2.45, 2.75) is 51.6 Å². The molecule has 2 aliphatic heterocycles. The third kappa shape index (κ3) is 8.22. The fourth-order valence-electron chi connectivity index (χ4n) is 5.22. The Morgan fingerprint density at radius 2 is 1.73 bits per heavy atom. The molecule has 2 saturated heterocycles. The summed E-state index contributed by atoms with van der Waals surface area (Å²) in [5.74, 6) is 0.948. The van der Waals surface area contributed by atoms with Crippen molar-refractivity contribution >= 4 is 19.5 Å². The van der Waals surface area contributed by atoms with Crippen LogP contribution in [-0.4, -0.2) is 62.7 Å². The lowest BCUT2D eigenvalue weighted by Gasteiger charge is -2.43. The minimum Gasteiger partial charge on any atom is -0.398 e. The number of likely N-dealkylation sites (tertiary alicyclic amines) is 1. The summed E-state index contributed by atoms with van der Waals surface area (Å²) in [6, 6.07) is 3.91. The minimum absolute atomic E-state index is 0.0563. The maximum absolute atomic E-state index is 13.6. The van der Waals surface area contributed by atoms with E-state index in [1.54, 1.807) is 0 Å². The number of nitrogens with zero attached hydrogens (tertiary/aromatic N) is 1. The Labute approximate surface area is 221 Å². The largest absolute Gasteiger partial charge is 0.398 e. The number of rotatable bonds is 5. The van der Waals surface area contributed by atoms with Gasteiger partial charge in [0, 0.05) is 50.2 Å². The van der Waals surface area contributed by atoms with Gasteiger partial charge >= 0.3 is 0 Å². The molecule has 1 aromatic carbocycles. The third-order valence-electron chi connectivity index (χ3n) is 7.28. The number of carbonyl (C=O) groups is 1. The van der Waals surface area contributed by atoms with Crippen LogP contribution in [0.2, 0.25) is 0 Å². The summed E-state index contributed by atoms with van der Waals surface area (Å²) in [5, 5.41) is 13.1. The van der Waals surface area contributed by atoms with E-state index in [0.717, 1.165) is 51.0 Å². The predicted octanol–water partition coefficient (Wildman–Crippen LogP) is 2.23. The van der Waals surface area contributed by atoms with Crippen molar-refractivity contribution in [2.24, 2.45) is 35.0 Å². The molecule has 3 unspecified atom stereocenters. The molecule has 3 aliphatic rings. The molecule has 0 spiro atoms. The molecule has 0 aromatic heterocycles. The SMILES string of the molecule is CC.CNC(=O)c1ccc(F)c(/C(N)=C/C=C(N)N)c1.[B]C(O)(C1CCOCC1)N1CC2CCCC2C1. The number of amides is 1. The van der Waals surface area contributed by atoms with Gasteiger partial charge in [0.15, 0.2) is 0 Å². The van der Waals surface area contributed by atoms with Crippen LogP contribution >= 0.6 is 0 Å². The number of halogens is 1. The van der Waals surface area contributed by atoms with E-state index in [-0.39, 0.29) is 28.9 Å². The molecule has 8 nitrogen and oxygen atoms in total. The summed E-state index contributed by atoms with van der Waals surface area (Å²) in [5.41, 5.74) is 15.6. The molecule has 1 amide bonds. The van der Waals surface area contributed by atoms with E-state index >= 15 is 0 Å². The minimum atomic E-state index is -1.10. The number of fused-ring (bicyclic) bond motifs is 1. The van der Waals surface area contributed by atoms with Gasteiger partial charge in [0.1, 0.15) is 13.7 Å². The van der Waals surface area contributed by atoms with Gasteiger partial charge in [-0.3, -0.25) is 9.69 Å². The average molecular weight is 515 g/mol. The van der Waals surface area contributed by atoms with Crippen LogP contribution in [0.3, 0.4) is 0 Å². The molecular formula is C27H43BFN5O3. The van der Waals surface area contributed by atoms with Crippen LogP contribution < -0.4 is 22.5 Å². The van der Waals surface area contributed by atoms with Crippen LogP contribution in [0, 0.1) is 23.6 Å². The summed E-state index contributed by atoms with van der Waals surface area (Å²) in [4.78, 5) is 13.6. The quantitative estimate of drug-likeness (QED) is 0.299. The van der Waals surface area contributed by atoms with E-state index in [4.69, 9.17) is 29.8 Å². The van der Waals surface area contributed by atoms with Crippen LogP contribution in [0.5, 0.6) is 0 Å². The Balaban J connectivity index is 0.000000244. The lowest BCUT2D eigenvalue weighted by molar-refractivity contribution is -0.102. The second-order valence-electron chi connectivity index (χ2n) is 9.59. The molecule has 3 fully saturated rings. The summed E-state index contributed by atoms with van der Waals surface area (Å²) in [6.07, 6.45) is 8.51. The highest BCUT2D eigenvalue weighted by Crippen LogP contribution is 2.41. The van der Waals surface area contributed by atoms with Crippen LogP contribution in [0.15, 0.2) is 36.2 Å². The van der Waals surface area contributed by atoms with Crippen molar-refractivity contribution in [1.82, 2.24) is 10.2 Å². The Kier molecular flexibility index (Phi) is 11.9. The van der Waals surface area contributed by atoms with Crippen LogP contribution in [0.4, 0.5) is 4.39 Å². The second kappa shape index (κ2) is 14.4. The standard InChI is InChI=1S/C13H22BNO2.C12H15FN4O.C2H6/c14-13(16,12-4-6-17-7-5-12)15-8-10-2-1-3-11(10)9-15;1-17-12(18)7-2-3-9(13)8(6-7)10(14)4-5-11(15)16;1-2/h10-12,16H,1-9H2;2-6H,14-16H2,1H3,(H,17,18);1-2H3/b;10-4-;. The van der Waals surface area contributed by atoms with Gasteiger partial charge in [-0.25, -0.2) is 4.39 Å². The number of hydrogen-bond donors (Lipinski definition) is 5. The van der Waals surface area contributed by atoms with Gasteiger partial charge in [-0.05, 0) is 73.8 Å². The summed E-state index contributed by atoms with van der Waals surface area (Å²) < 4.78 is 18.9. The van der Waals surface area contributed by atoms with Crippen molar-refractivity contribution in [2.75, 3.05) is 33.4 Å². The predicted molar refractivity (Wildman–Crippen MR) is 146 cm³/mol. The number of nitrogens with two attached hydrogens (primary N) is 3. The smallest absolute Gasteiger partial charge is 0.251 e. The average Bonchev–Trinajstić information content (AvgIpc) is 3.52. The molecule has 2 radical (unpaired) electrons. The van der Waals surface area contributed by atoms with E-state index in [1.165, 1.54) is 56.7 Å². The fourth-order valence-corrected chi connectivity index (χ4v) is 5.22. The van der Waals surface area contributed by atoms with Crippen molar-refractivity contribution in [3.63, 3.8) is 0 Å². The van der Waals surface area contributed by atoms with E-state index < -0.39 is 11.4 Å². The molecular weight excluding hydrogens is 472 g/mol. The number of aliphatic hydroxyl groups is 1. The van der Waals surface area contributed by atoms with E-state index in [0.29, 0.717) is 5.56 Å².